The number of aliphatic hydroxyl groups is 1. The van der Waals surface area contributed by atoms with Crippen molar-refractivity contribution in [2.45, 2.75) is 25.9 Å². The van der Waals surface area contributed by atoms with E-state index in [1.807, 2.05) is 13.1 Å². The molecule has 0 amide bonds. The van der Waals surface area contributed by atoms with E-state index in [-0.39, 0.29) is 17.9 Å². The van der Waals surface area contributed by atoms with Crippen LogP contribution in [0.25, 0.3) is 27.8 Å². The van der Waals surface area contributed by atoms with Crippen molar-refractivity contribution in [3.05, 3.63) is 84.2 Å². The minimum atomic E-state index is -0.890. The molecule has 0 saturated carbocycles. The van der Waals surface area contributed by atoms with Crippen LogP contribution in [0.2, 0.25) is 0 Å². The number of fused-ring (bicyclic) bond motifs is 1. The first-order valence-electron chi connectivity index (χ1n) is 10.7. The van der Waals surface area contributed by atoms with Crippen LogP contribution < -0.4 is 15.6 Å². The second-order valence-electron chi connectivity index (χ2n) is 8.10. The highest BCUT2D eigenvalue weighted by Crippen LogP contribution is 2.32. The fraction of sp³-hybridized carbons (Fsp3) is 0.240. The summed E-state index contributed by atoms with van der Waals surface area (Å²) >= 11 is 0. The van der Waals surface area contributed by atoms with Crippen LogP contribution in [0.1, 0.15) is 20.3 Å². The second-order valence-corrected chi connectivity index (χ2v) is 8.10. The smallest absolute Gasteiger partial charge is 0.260 e. The summed E-state index contributed by atoms with van der Waals surface area (Å²) in [6.07, 6.45) is 8.39. The van der Waals surface area contributed by atoms with Gasteiger partial charge >= 0.3 is 0 Å². The molecule has 34 heavy (non-hydrogen) atoms. The molecule has 4 aromatic rings. The normalized spacial score (nSPS) is 11.0. The molecule has 9 heteroatoms. The Morgan fingerprint density at radius 3 is 2.74 bits per heavy atom. The molecule has 4 rings (SSSR count). The molecule has 0 bridgehead atoms. The Morgan fingerprint density at radius 1 is 1.35 bits per heavy atom. The van der Waals surface area contributed by atoms with Crippen molar-refractivity contribution in [1.29, 1.82) is 0 Å². The number of halogens is 1. The fourth-order valence-electron chi connectivity index (χ4n) is 3.18. The van der Waals surface area contributed by atoms with Gasteiger partial charge in [0.25, 0.3) is 5.56 Å². The van der Waals surface area contributed by atoms with E-state index in [0.717, 1.165) is 5.69 Å². The van der Waals surface area contributed by atoms with Gasteiger partial charge in [0.15, 0.2) is 17.2 Å². The SMILES string of the molecule is C=CNC.CC(C)(O)CCOc1ccc(-c2cn(-c3cccnc3)c3nc[nH]c(=O)c23)cc1F. The van der Waals surface area contributed by atoms with Gasteiger partial charge in [0.2, 0.25) is 0 Å². The Bertz CT molecular complexity index is 1310. The van der Waals surface area contributed by atoms with Gasteiger partial charge in [-0.25, -0.2) is 9.37 Å². The highest BCUT2D eigenvalue weighted by atomic mass is 19.1. The molecule has 0 spiro atoms. The van der Waals surface area contributed by atoms with Gasteiger partial charge in [0.1, 0.15) is 0 Å². The Balaban J connectivity index is 0.000000751. The van der Waals surface area contributed by atoms with E-state index in [9.17, 15) is 14.3 Å². The van der Waals surface area contributed by atoms with E-state index in [1.165, 1.54) is 18.5 Å². The van der Waals surface area contributed by atoms with Crippen molar-refractivity contribution >= 4 is 11.0 Å². The third kappa shape index (κ3) is 5.87. The van der Waals surface area contributed by atoms with Crippen LogP contribution in [0, 0.1) is 5.82 Å². The summed E-state index contributed by atoms with van der Waals surface area (Å²) in [4.78, 5) is 23.5. The van der Waals surface area contributed by atoms with Gasteiger partial charge in [0, 0.05) is 31.4 Å². The van der Waals surface area contributed by atoms with Crippen LogP contribution in [0.3, 0.4) is 0 Å². The van der Waals surface area contributed by atoms with Crippen molar-refractivity contribution in [3.8, 4) is 22.6 Å². The number of ether oxygens (including phenoxy) is 1. The molecule has 0 unspecified atom stereocenters. The van der Waals surface area contributed by atoms with Crippen LogP contribution in [-0.2, 0) is 0 Å². The van der Waals surface area contributed by atoms with Crippen LogP contribution in [0.4, 0.5) is 4.39 Å². The molecule has 178 valence electrons. The average molecular weight is 466 g/mol. The lowest BCUT2D eigenvalue weighted by atomic mass is 10.1. The molecule has 3 N–H and O–H groups in total. The third-order valence-electron chi connectivity index (χ3n) is 4.93. The lowest BCUT2D eigenvalue weighted by molar-refractivity contribution is 0.0547. The number of rotatable bonds is 7. The molecule has 8 nitrogen and oxygen atoms in total. The maximum atomic E-state index is 14.7. The van der Waals surface area contributed by atoms with E-state index in [1.54, 1.807) is 55.3 Å². The minimum Gasteiger partial charge on any atom is -0.490 e. The summed E-state index contributed by atoms with van der Waals surface area (Å²) in [7, 11) is 1.81. The molecule has 0 radical (unpaired) electrons. The van der Waals surface area contributed by atoms with Gasteiger partial charge in [-0.15, -0.1) is 0 Å². The maximum absolute atomic E-state index is 14.7. The van der Waals surface area contributed by atoms with Crippen molar-refractivity contribution in [3.63, 3.8) is 0 Å². The molecule has 0 saturated heterocycles. The highest BCUT2D eigenvalue weighted by Gasteiger charge is 2.18. The Morgan fingerprint density at radius 2 is 2.12 bits per heavy atom. The molecule has 1 aromatic carbocycles. The quantitative estimate of drug-likeness (QED) is 0.383. The van der Waals surface area contributed by atoms with Crippen LogP contribution in [0.15, 0.2) is 72.8 Å². The minimum absolute atomic E-state index is 0.0889. The zero-order valence-corrected chi connectivity index (χ0v) is 19.4. The van der Waals surface area contributed by atoms with Crippen LogP contribution in [0.5, 0.6) is 5.75 Å². The van der Waals surface area contributed by atoms with Crippen molar-refractivity contribution < 1.29 is 14.2 Å². The maximum Gasteiger partial charge on any atom is 0.260 e. The van der Waals surface area contributed by atoms with Gasteiger partial charge in [-0.05, 0) is 49.9 Å². The Kier molecular flexibility index (Phi) is 7.80. The van der Waals surface area contributed by atoms with E-state index < -0.39 is 11.4 Å². The summed E-state index contributed by atoms with van der Waals surface area (Å²) in [5, 5.41) is 12.8. The Hall–Kier alpha value is -3.98. The largest absolute Gasteiger partial charge is 0.490 e. The second kappa shape index (κ2) is 10.8. The lowest BCUT2D eigenvalue weighted by Crippen LogP contribution is -2.21. The third-order valence-corrected chi connectivity index (χ3v) is 4.93. The first-order chi connectivity index (χ1) is 16.2. The number of pyridine rings is 1. The zero-order chi connectivity index (χ0) is 24.7. The number of hydrogen-bond acceptors (Lipinski definition) is 6. The van der Waals surface area contributed by atoms with E-state index in [2.05, 4.69) is 26.8 Å². The van der Waals surface area contributed by atoms with Gasteiger partial charge in [-0.1, -0.05) is 12.6 Å². The summed E-state index contributed by atoms with van der Waals surface area (Å²) in [5.41, 5.74) is 1.05. The van der Waals surface area contributed by atoms with Gasteiger partial charge < -0.3 is 20.1 Å². The molecule has 3 aromatic heterocycles. The van der Waals surface area contributed by atoms with E-state index in [4.69, 9.17) is 4.74 Å². The molecule has 0 fully saturated rings. The number of benzene rings is 1. The molecule has 0 aliphatic heterocycles. The number of H-pyrrole nitrogens is 1. The van der Waals surface area contributed by atoms with Crippen LogP contribution >= 0.6 is 0 Å². The molecule has 3 heterocycles. The fourth-order valence-corrected chi connectivity index (χ4v) is 3.18. The lowest BCUT2D eigenvalue weighted by Gasteiger charge is -2.17. The predicted molar refractivity (Wildman–Crippen MR) is 131 cm³/mol. The summed E-state index contributed by atoms with van der Waals surface area (Å²) in [6, 6.07) is 8.17. The summed E-state index contributed by atoms with van der Waals surface area (Å²) < 4.78 is 21.9. The number of nitrogens with zero attached hydrogens (tertiary/aromatic N) is 3. The molecular weight excluding hydrogens is 437 g/mol. The molecule has 0 aliphatic rings. The van der Waals surface area contributed by atoms with Gasteiger partial charge in [-0.3, -0.25) is 14.3 Å². The van der Waals surface area contributed by atoms with Gasteiger partial charge in [-0.2, -0.15) is 0 Å². The topological polar surface area (TPSA) is 105 Å². The van der Waals surface area contributed by atoms with Crippen molar-refractivity contribution in [1.82, 2.24) is 24.8 Å². The van der Waals surface area contributed by atoms with E-state index >= 15 is 0 Å². The first-order valence-corrected chi connectivity index (χ1v) is 10.7. The molecule has 0 atom stereocenters. The number of aromatic nitrogens is 4. The highest BCUT2D eigenvalue weighted by molar-refractivity contribution is 5.94. The van der Waals surface area contributed by atoms with Crippen LogP contribution in [-0.4, -0.2) is 43.9 Å². The summed E-state index contributed by atoms with van der Waals surface area (Å²) in [6.45, 7) is 6.88. The molecule has 0 aliphatic carbocycles. The standard InChI is InChI=1S/C22H21FN4O3.C3H7N/c1-22(2,29)7-9-30-18-6-5-14(10-17(18)23)16-12-27(15-4-3-8-24-11-15)20-19(16)21(28)26-13-25-20;1-3-4-2/h3-6,8,10-13,29H,7,9H2,1-2H3,(H,25,26,28);3-4H,1H2,2H3. The van der Waals surface area contributed by atoms with Gasteiger partial charge in [0.05, 0.1) is 35.8 Å². The van der Waals surface area contributed by atoms with Crippen molar-refractivity contribution in [2.24, 2.45) is 0 Å². The average Bonchev–Trinajstić information content (AvgIpc) is 3.21. The predicted octanol–water partition coefficient (Wildman–Crippen LogP) is 3.80. The number of nitrogens with one attached hydrogen (secondary N) is 2. The monoisotopic (exact) mass is 465 g/mol. The molecular formula is C25H28FN5O3. The Labute approximate surface area is 196 Å². The summed E-state index contributed by atoms with van der Waals surface area (Å²) in [5.74, 6) is -0.461. The number of hydrogen-bond donors (Lipinski definition) is 3. The number of aromatic amines is 1. The first kappa shape index (κ1) is 24.7. The van der Waals surface area contributed by atoms with Crippen molar-refractivity contribution in [2.75, 3.05) is 13.7 Å². The van der Waals surface area contributed by atoms with E-state index in [0.29, 0.717) is 28.6 Å². The zero-order valence-electron chi connectivity index (χ0n) is 19.4.